The van der Waals surface area contributed by atoms with E-state index < -0.39 is 24.1 Å². The number of nitrogens with zero attached hydrogens (tertiary/aromatic N) is 1. The maximum Gasteiger partial charge on any atom is 0.335 e. The van der Waals surface area contributed by atoms with Crippen LogP contribution in [0.3, 0.4) is 0 Å². The van der Waals surface area contributed by atoms with Gasteiger partial charge in [0.1, 0.15) is 5.75 Å². The molecular formula is C25H35NO9. The Morgan fingerprint density at radius 3 is 2.43 bits per heavy atom. The topological polar surface area (TPSA) is 165 Å². The van der Waals surface area contributed by atoms with Gasteiger partial charge >= 0.3 is 17.9 Å². The number of aromatic hydroxyl groups is 1. The summed E-state index contributed by atoms with van der Waals surface area (Å²) >= 11 is 0. The molecule has 5 N–H and O–H groups in total. The third-order valence-electron chi connectivity index (χ3n) is 7.65. The number of aliphatic hydroxyl groups is 2. The molecule has 1 saturated heterocycles. The highest BCUT2D eigenvalue weighted by atomic mass is 16.5. The third kappa shape index (κ3) is 5.76. The fraction of sp³-hybridized carbons (Fsp3) is 0.640. The molecule has 1 heterocycles. The molecule has 5 atom stereocenters. The summed E-state index contributed by atoms with van der Waals surface area (Å²) in [7, 11) is 0. The minimum atomic E-state index is -2.27. The van der Waals surface area contributed by atoms with Gasteiger partial charge in [0.15, 0.2) is 12.2 Å². The number of carboxylic acid groups (broad SMARTS) is 2. The van der Waals surface area contributed by atoms with Gasteiger partial charge in [-0.15, -0.1) is 0 Å². The summed E-state index contributed by atoms with van der Waals surface area (Å²) in [6, 6.07) is 6.52. The second-order valence-corrected chi connectivity index (χ2v) is 9.53. The molecule has 35 heavy (non-hydrogen) atoms. The molecule has 10 heteroatoms. The maximum atomic E-state index is 11.8. The average Bonchev–Trinajstić information content (AvgIpc) is 2.83. The number of piperidine rings is 1. The normalized spacial score (nSPS) is 26.7. The molecule has 1 saturated carbocycles. The van der Waals surface area contributed by atoms with Crippen molar-refractivity contribution >= 4 is 17.9 Å². The van der Waals surface area contributed by atoms with E-state index in [4.69, 9.17) is 25.2 Å². The Morgan fingerprint density at radius 2 is 1.80 bits per heavy atom. The van der Waals surface area contributed by atoms with E-state index in [9.17, 15) is 19.5 Å². The van der Waals surface area contributed by atoms with Crippen LogP contribution in [0.1, 0.15) is 56.6 Å². The first kappa shape index (κ1) is 26.9. The van der Waals surface area contributed by atoms with Crippen molar-refractivity contribution in [2.24, 2.45) is 5.92 Å². The lowest BCUT2D eigenvalue weighted by Gasteiger charge is -2.59. The molecule has 2 fully saturated rings. The Kier molecular flexibility index (Phi) is 8.74. The van der Waals surface area contributed by atoms with Gasteiger partial charge in [-0.05, 0) is 68.3 Å². The van der Waals surface area contributed by atoms with Crippen LogP contribution in [0.2, 0.25) is 0 Å². The molecule has 0 unspecified atom stereocenters. The van der Waals surface area contributed by atoms with E-state index in [1.165, 1.54) is 36.8 Å². The van der Waals surface area contributed by atoms with Gasteiger partial charge in [0.2, 0.25) is 0 Å². The van der Waals surface area contributed by atoms with E-state index in [1.54, 1.807) is 0 Å². The number of hydrogen-bond acceptors (Lipinski definition) is 8. The van der Waals surface area contributed by atoms with Crippen LogP contribution in [0.4, 0.5) is 0 Å². The number of phenols is 1. The van der Waals surface area contributed by atoms with E-state index in [2.05, 4.69) is 11.0 Å². The van der Waals surface area contributed by atoms with Crippen molar-refractivity contribution in [2.75, 3.05) is 19.7 Å². The molecule has 10 nitrogen and oxygen atoms in total. The van der Waals surface area contributed by atoms with Crippen molar-refractivity contribution in [1.82, 2.24) is 4.90 Å². The molecule has 1 aliphatic heterocycles. The number of benzene rings is 1. The van der Waals surface area contributed by atoms with Gasteiger partial charge in [0, 0.05) is 18.0 Å². The van der Waals surface area contributed by atoms with Crippen LogP contribution in [-0.4, -0.2) is 86.3 Å². The second-order valence-electron chi connectivity index (χ2n) is 9.53. The lowest BCUT2D eigenvalue weighted by molar-refractivity contribution is -0.165. The van der Waals surface area contributed by atoms with Crippen molar-refractivity contribution in [3.05, 3.63) is 29.3 Å². The number of hydrogen-bond donors (Lipinski definition) is 5. The van der Waals surface area contributed by atoms with Crippen LogP contribution >= 0.6 is 0 Å². The molecule has 1 aromatic carbocycles. The number of fused-ring (bicyclic) bond motifs is 1. The highest BCUT2D eigenvalue weighted by Gasteiger charge is 2.53. The van der Waals surface area contributed by atoms with Crippen LogP contribution in [0.5, 0.6) is 5.75 Å². The zero-order chi connectivity index (χ0) is 25.8. The maximum absolute atomic E-state index is 11.8. The number of carbonyl (C=O) groups excluding carboxylic acids is 1. The average molecular weight is 494 g/mol. The summed E-state index contributed by atoms with van der Waals surface area (Å²) in [5.41, 5.74) is 3.07. The highest BCUT2D eigenvalue weighted by Crippen LogP contribution is 2.56. The minimum absolute atomic E-state index is 0.0795. The smallest absolute Gasteiger partial charge is 0.335 e. The number of rotatable bonds is 7. The number of carbonyl (C=O) groups is 3. The van der Waals surface area contributed by atoms with Crippen molar-refractivity contribution in [2.45, 2.75) is 75.5 Å². The molecule has 0 spiro atoms. The van der Waals surface area contributed by atoms with Gasteiger partial charge in [0.05, 0.1) is 13.0 Å². The van der Waals surface area contributed by atoms with Crippen LogP contribution < -0.4 is 0 Å². The number of ether oxygens (including phenoxy) is 1. The summed E-state index contributed by atoms with van der Waals surface area (Å²) in [6.45, 7) is 4.19. The first-order chi connectivity index (χ1) is 16.6. The molecule has 0 amide bonds. The van der Waals surface area contributed by atoms with E-state index in [0.29, 0.717) is 30.7 Å². The SMILES string of the molecule is CCOC(=O)CCN1CC[C@@]23CCCC[C@H]2[C@@H]1Cc1ccc(O)cc13.O=C(O)[C@H](O)[C@@H](O)C(=O)O. The van der Waals surface area contributed by atoms with Crippen LogP contribution in [0.15, 0.2) is 18.2 Å². The fourth-order valence-electron chi connectivity index (χ4n) is 6.09. The van der Waals surface area contributed by atoms with Crippen molar-refractivity contribution in [3.63, 3.8) is 0 Å². The molecule has 194 valence electrons. The number of aliphatic carboxylic acids is 2. The number of likely N-dealkylation sites (tertiary alicyclic amines) is 1. The second kappa shape index (κ2) is 11.4. The first-order valence-corrected chi connectivity index (χ1v) is 12.1. The Morgan fingerprint density at radius 1 is 1.11 bits per heavy atom. The van der Waals surface area contributed by atoms with Gasteiger partial charge in [-0.1, -0.05) is 18.9 Å². The highest BCUT2D eigenvalue weighted by molar-refractivity contribution is 5.83. The molecular weight excluding hydrogens is 458 g/mol. The monoisotopic (exact) mass is 493 g/mol. The Hall–Kier alpha value is -2.69. The molecule has 2 bridgehead atoms. The van der Waals surface area contributed by atoms with Crippen molar-refractivity contribution in [1.29, 1.82) is 0 Å². The number of esters is 1. The van der Waals surface area contributed by atoms with E-state index in [1.807, 2.05) is 19.1 Å². The molecule has 3 aliphatic rings. The van der Waals surface area contributed by atoms with Gasteiger partial charge in [-0.25, -0.2) is 9.59 Å². The van der Waals surface area contributed by atoms with Crippen molar-refractivity contribution in [3.8, 4) is 5.75 Å². The molecule has 0 aromatic heterocycles. The predicted molar refractivity (Wildman–Crippen MR) is 124 cm³/mol. The summed E-state index contributed by atoms with van der Waals surface area (Å²) in [5.74, 6) is -2.55. The minimum Gasteiger partial charge on any atom is -0.508 e. The van der Waals surface area contributed by atoms with Gasteiger partial charge in [-0.3, -0.25) is 9.69 Å². The van der Waals surface area contributed by atoms with E-state index in [0.717, 1.165) is 25.9 Å². The third-order valence-corrected chi connectivity index (χ3v) is 7.65. The van der Waals surface area contributed by atoms with E-state index >= 15 is 0 Å². The van der Waals surface area contributed by atoms with Crippen LogP contribution in [0.25, 0.3) is 0 Å². The van der Waals surface area contributed by atoms with Crippen LogP contribution in [0, 0.1) is 5.92 Å². The lowest BCUT2D eigenvalue weighted by Crippen LogP contribution is -2.61. The van der Waals surface area contributed by atoms with Gasteiger partial charge in [0.25, 0.3) is 0 Å². The molecule has 1 aromatic rings. The largest absolute Gasteiger partial charge is 0.508 e. The number of carboxylic acids is 2. The standard InChI is InChI=1S/C21H29NO3.C4H6O6/c1-2-25-20(24)8-11-22-12-10-21-9-4-3-5-17(21)19(22)13-15-6-7-16(23)14-18(15)21;5-1(3(7)8)2(6)4(9)10/h6-7,14,17,19,23H,2-5,8-13H2,1H3;1-2,5-6H,(H,7,8)(H,9,10)/t17-,19-,21-;1-,2-/m01/s1. The number of phenolic OH excluding ortho intramolecular Hbond substituents is 1. The summed E-state index contributed by atoms with van der Waals surface area (Å²) in [6.07, 6.45) is 3.27. The molecule has 2 aliphatic carbocycles. The fourth-order valence-corrected chi connectivity index (χ4v) is 6.09. The molecule has 0 radical (unpaired) electrons. The Labute approximate surface area is 204 Å². The zero-order valence-corrected chi connectivity index (χ0v) is 19.9. The van der Waals surface area contributed by atoms with E-state index in [-0.39, 0.29) is 11.4 Å². The zero-order valence-electron chi connectivity index (χ0n) is 19.9. The molecule has 4 rings (SSSR count). The summed E-state index contributed by atoms with van der Waals surface area (Å²) in [4.78, 5) is 33.9. The quantitative estimate of drug-likeness (QED) is 0.349. The first-order valence-electron chi connectivity index (χ1n) is 12.1. The lowest BCUT2D eigenvalue weighted by atomic mass is 9.52. The van der Waals surface area contributed by atoms with Gasteiger partial charge in [-0.2, -0.15) is 0 Å². The Balaban J connectivity index is 0.000000292. The summed E-state index contributed by atoms with van der Waals surface area (Å²) in [5, 5.41) is 42.6. The summed E-state index contributed by atoms with van der Waals surface area (Å²) < 4.78 is 5.12. The van der Waals surface area contributed by atoms with Gasteiger partial charge < -0.3 is 30.3 Å². The van der Waals surface area contributed by atoms with Crippen LogP contribution in [-0.2, 0) is 31.0 Å². The van der Waals surface area contributed by atoms with Crippen molar-refractivity contribution < 1.29 is 44.7 Å². The predicted octanol–water partition coefficient (Wildman–Crippen LogP) is 1.28. The Bertz CT molecular complexity index is 918. The number of aliphatic hydroxyl groups excluding tert-OH is 2.